The Morgan fingerprint density at radius 2 is 1.91 bits per heavy atom. The third kappa shape index (κ3) is 4.45. The van der Waals surface area contributed by atoms with E-state index in [0.29, 0.717) is 5.92 Å². The molecule has 0 radical (unpaired) electrons. The molecule has 1 saturated carbocycles. The number of urea groups is 1. The van der Waals surface area contributed by atoms with Crippen molar-refractivity contribution in [1.29, 1.82) is 5.26 Å². The average Bonchev–Trinajstić information content (AvgIpc) is 2.55. The third-order valence-electron chi connectivity index (χ3n) is 4.24. The van der Waals surface area contributed by atoms with Crippen LogP contribution in [-0.2, 0) is 10.0 Å². The van der Waals surface area contributed by atoms with Crippen LogP contribution in [0.1, 0.15) is 44.6 Å². The van der Waals surface area contributed by atoms with Gasteiger partial charge in [-0.15, -0.1) is 0 Å². The van der Waals surface area contributed by atoms with Gasteiger partial charge in [-0.3, -0.25) is 0 Å². The highest BCUT2D eigenvalue weighted by Crippen LogP contribution is 2.26. The minimum atomic E-state index is -4.06. The van der Waals surface area contributed by atoms with Gasteiger partial charge in [0, 0.05) is 6.04 Å². The van der Waals surface area contributed by atoms with E-state index in [9.17, 15) is 13.2 Å². The maximum atomic E-state index is 12.3. The molecule has 0 aromatic heterocycles. The van der Waals surface area contributed by atoms with E-state index in [2.05, 4.69) is 5.32 Å². The topological polar surface area (TPSA) is 99.1 Å². The van der Waals surface area contributed by atoms with Crippen LogP contribution in [-0.4, -0.2) is 20.5 Å². The summed E-state index contributed by atoms with van der Waals surface area (Å²) < 4.78 is 26.5. The van der Waals surface area contributed by atoms with Crippen LogP contribution in [0.2, 0.25) is 0 Å². The van der Waals surface area contributed by atoms with Crippen LogP contribution < -0.4 is 10.0 Å². The second-order valence-electron chi connectivity index (χ2n) is 5.87. The summed E-state index contributed by atoms with van der Waals surface area (Å²) in [6, 6.07) is 6.76. The summed E-state index contributed by atoms with van der Waals surface area (Å²) in [7, 11) is -4.06. The lowest BCUT2D eigenvalue weighted by Gasteiger charge is -2.28. The Kier molecular flexibility index (Phi) is 5.61. The maximum Gasteiger partial charge on any atom is 0.328 e. The van der Waals surface area contributed by atoms with Gasteiger partial charge in [-0.1, -0.05) is 31.4 Å². The second-order valence-corrected chi connectivity index (χ2v) is 7.52. The average molecular weight is 335 g/mol. The molecule has 1 atom stereocenters. The van der Waals surface area contributed by atoms with Gasteiger partial charge in [-0.25, -0.2) is 17.9 Å². The molecule has 0 saturated heterocycles. The number of nitriles is 1. The number of carbonyl (C=O) groups excluding carboxylic acids is 1. The van der Waals surface area contributed by atoms with E-state index in [1.165, 1.54) is 24.6 Å². The lowest BCUT2D eigenvalue weighted by molar-refractivity contribution is 0.229. The van der Waals surface area contributed by atoms with E-state index < -0.39 is 16.1 Å². The highest BCUT2D eigenvalue weighted by Gasteiger charge is 2.25. The van der Waals surface area contributed by atoms with Gasteiger partial charge in [0.1, 0.15) is 11.0 Å². The summed E-state index contributed by atoms with van der Waals surface area (Å²) in [6.07, 6.45) is 5.60. The molecule has 0 spiro atoms. The standard InChI is InChI=1S/C16H21N3O3S/c1-12(13-7-3-2-4-8-13)18-16(20)19-23(21,22)15-10-6-5-9-14(15)11-17/h5-6,9-10,12-13H,2-4,7-8H2,1H3,(H2,18,19,20). The molecular formula is C16H21N3O3S. The van der Waals surface area contributed by atoms with Crippen molar-refractivity contribution in [3.05, 3.63) is 29.8 Å². The number of nitrogens with one attached hydrogen (secondary N) is 2. The Morgan fingerprint density at radius 1 is 1.26 bits per heavy atom. The number of hydrogen-bond acceptors (Lipinski definition) is 4. The van der Waals surface area contributed by atoms with Crippen molar-refractivity contribution in [2.75, 3.05) is 0 Å². The molecule has 1 aromatic rings. The molecule has 2 rings (SSSR count). The summed E-state index contributed by atoms with van der Waals surface area (Å²) in [5.74, 6) is 0.378. The van der Waals surface area contributed by atoms with Gasteiger partial charge >= 0.3 is 6.03 Å². The van der Waals surface area contributed by atoms with Crippen LogP contribution in [0.25, 0.3) is 0 Å². The van der Waals surface area contributed by atoms with E-state index in [4.69, 9.17) is 5.26 Å². The van der Waals surface area contributed by atoms with Crippen molar-refractivity contribution >= 4 is 16.1 Å². The fourth-order valence-electron chi connectivity index (χ4n) is 2.96. The number of benzene rings is 1. The van der Waals surface area contributed by atoms with Crippen molar-refractivity contribution < 1.29 is 13.2 Å². The van der Waals surface area contributed by atoms with Gasteiger partial charge < -0.3 is 5.32 Å². The first kappa shape index (κ1) is 17.3. The zero-order valence-corrected chi connectivity index (χ0v) is 13.9. The second kappa shape index (κ2) is 7.47. The third-order valence-corrected chi connectivity index (χ3v) is 5.63. The first-order valence-electron chi connectivity index (χ1n) is 7.76. The van der Waals surface area contributed by atoms with Crippen LogP contribution in [0.3, 0.4) is 0 Å². The van der Waals surface area contributed by atoms with E-state index >= 15 is 0 Å². The SMILES string of the molecule is CC(NC(=O)NS(=O)(=O)c1ccccc1C#N)C1CCCCC1. The smallest absolute Gasteiger partial charge is 0.328 e. The lowest BCUT2D eigenvalue weighted by atomic mass is 9.85. The molecule has 23 heavy (non-hydrogen) atoms. The van der Waals surface area contributed by atoms with Gasteiger partial charge in [0.2, 0.25) is 0 Å². The van der Waals surface area contributed by atoms with E-state index in [0.717, 1.165) is 25.7 Å². The van der Waals surface area contributed by atoms with Crippen molar-refractivity contribution in [3.8, 4) is 6.07 Å². The molecule has 124 valence electrons. The monoisotopic (exact) mass is 335 g/mol. The van der Waals surface area contributed by atoms with Crippen LogP contribution >= 0.6 is 0 Å². The van der Waals surface area contributed by atoms with Crippen molar-refractivity contribution in [2.24, 2.45) is 5.92 Å². The molecule has 0 heterocycles. The maximum absolute atomic E-state index is 12.3. The van der Waals surface area contributed by atoms with Crippen LogP contribution in [0.15, 0.2) is 29.2 Å². The normalized spacial score (nSPS) is 17.0. The Morgan fingerprint density at radius 3 is 2.57 bits per heavy atom. The number of carbonyl (C=O) groups is 1. The molecule has 0 bridgehead atoms. The Labute approximate surface area is 136 Å². The molecule has 1 aromatic carbocycles. The van der Waals surface area contributed by atoms with Gasteiger partial charge in [0.25, 0.3) is 10.0 Å². The highest BCUT2D eigenvalue weighted by molar-refractivity contribution is 7.90. The number of amides is 2. The molecule has 2 amide bonds. The quantitative estimate of drug-likeness (QED) is 0.883. The van der Waals surface area contributed by atoms with Gasteiger partial charge in [-0.05, 0) is 37.8 Å². The number of nitrogens with zero attached hydrogens (tertiary/aromatic N) is 1. The van der Waals surface area contributed by atoms with Gasteiger partial charge in [-0.2, -0.15) is 5.26 Å². The fraction of sp³-hybridized carbons (Fsp3) is 0.500. The summed E-state index contributed by atoms with van der Waals surface area (Å²) in [4.78, 5) is 11.8. The first-order valence-corrected chi connectivity index (χ1v) is 9.25. The molecule has 0 aliphatic heterocycles. The van der Waals surface area contributed by atoms with E-state index in [1.54, 1.807) is 6.07 Å². The first-order chi connectivity index (χ1) is 10.9. The Bertz CT molecular complexity index is 704. The number of rotatable bonds is 4. The Hall–Kier alpha value is -2.07. The Balaban J connectivity index is 2.02. The molecule has 1 fully saturated rings. The zero-order valence-electron chi connectivity index (χ0n) is 13.1. The molecule has 6 nitrogen and oxygen atoms in total. The predicted octanol–water partition coefficient (Wildman–Crippen LogP) is 2.51. The van der Waals surface area contributed by atoms with E-state index in [-0.39, 0.29) is 16.5 Å². The number of hydrogen-bond donors (Lipinski definition) is 2. The zero-order chi connectivity index (χ0) is 16.9. The van der Waals surface area contributed by atoms with Crippen molar-refractivity contribution in [1.82, 2.24) is 10.0 Å². The largest absolute Gasteiger partial charge is 0.335 e. The fourth-order valence-corrected chi connectivity index (χ4v) is 4.03. The molecular weight excluding hydrogens is 314 g/mol. The molecule has 1 unspecified atom stereocenters. The van der Waals surface area contributed by atoms with Crippen molar-refractivity contribution in [3.63, 3.8) is 0 Å². The summed E-state index contributed by atoms with van der Waals surface area (Å²) in [6.45, 7) is 1.89. The summed E-state index contributed by atoms with van der Waals surface area (Å²) in [5.41, 5.74) is 0.00753. The van der Waals surface area contributed by atoms with Crippen LogP contribution in [0.5, 0.6) is 0 Å². The van der Waals surface area contributed by atoms with Crippen LogP contribution in [0, 0.1) is 17.2 Å². The lowest BCUT2D eigenvalue weighted by Crippen LogP contribution is -2.46. The van der Waals surface area contributed by atoms with Crippen molar-refractivity contribution in [2.45, 2.75) is 50.0 Å². The molecule has 1 aliphatic carbocycles. The molecule has 7 heteroatoms. The molecule has 2 N–H and O–H groups in total. The predicted molar refractivity (Wildman–Crippen MR) is 86.0 cm³/mol. The minimum Gasteiger partial charge on any atom is -0.335 e. The van der Waals surface area contributed by atoms with Gasteiger partial charge in [0.15, 0.2) is 0 Å². The van der Waals surface area contributed by atoms with Gasteiger partial charge in [0.05, 0.1) is 5.56 Å². The number of sulfonamides is 1. The summed E-state index contributed by atoms with van der Waals surface area (Å²) in [5, 5.41) is 11.7. The minimum absolute atomic E-state index is 0.00753. The summed E-state index contributed by atoms with van der Waals surface area (Å²) >= 11 is 0. The van der Waals surface area contributed by atoms with Crippen LogP contribution in [0.4, 0.5) is 4.79 Å². The molecule has 1 aliphatic rings. The highest BCUT2D eigenvalue weighted by atomic mass is 32.2. The van der Waals surface area contributed by atoms with E-state index in [1.807, 2.05) is 17.7 Å².